The molecule has 0 spiro atoms. The minimum atomic E-state index is -0.870. The second-order valence-electron chi connectivity index (χ2n) is 6.92. The van der Waals surface area contributed by atoms with E-state index in [9.17, 15) is 20.1 Å². The minimum absolute atomic E-state index is 0.129. The number of carboxylic acids is 1. The van der Waals surface area contributed by atoms with Gasteiger partial charge in [0.25, 0.3) is 0 Å². The summed E-state index contributed by atoms with van der Waals surface area (Å²) in [6, 6.07) is 0. The second-order valence-corrected chi connectivity index (χ2v) is 6.92. The molecule has 1 fully saturated rings. The van der Waals surface area contributed by atoms with E-state index in [4.69, 9.17) is 9.84 Å². The average molecular weight is 395 g/mol. The van der Waals surface area contributed by atoms with Crippen LogP contribution in [0, 0.1) is 0 Å². The maximum atomic E-state index is 10.4. The number of ether oxygens (including phenoxy) is 1. The summed E-state index contributed by atoms with van der Waals surface area (Å²) in [7, 11) is 0. The molecule has 1 heterocycles. The van der Waals surface area contributed by atoms with Crippen LogP contribution in [-0.4, -0.2) is 56.9 Å². The summed E-state index contributed by atoms with van der Waals surface area (Å²) in [6.45, 7) is 2.04. The highest BCUT2D eigenvalue weighted by Crippen LogP contribution is 2.26. The Morgan fingerprint density at radius 2 is 1.86 bits per heavy atom. The first-order chi connectivity index (χ1) is 13.4. The van der Waals surface area contributed by atoms with E-state index in [0.29, 0.717) is 32.1 Å². The molecule has 28 heavy (non-hydrogen) atoms. The van der Waals surface area contributed by atoms with Gasteiger partial charge in [-0.25, -0.2) is 0 Å². The van der Waals surface area contributed by atoms with Crippen LogP contribution in [0.5, 0.6) is 0 Å². The van der Waals surface area contributed by atoms with Gasteiger partial charge in [0, 0.05) is 12.8 Å². The van der Waals surface area contributed by atoms with Crippen molar-refractivity contribution in [2.45, 2.75) is 82.4 Å². The van der Waals surface area contributed by atoms with Crippen LogP contribution in [-0.2, 0) is 9.53 Å². The number of carboxylic acid groups (broad SMARTS) is 1. The van der Waals surface area contributed by atoms with Crippen molar-refractivity contribution in [3.05, 3.63) is 48.6 Å². The first-order valence-electron chi connectivity index (χ1n) is 9.98. The monoisotopic (exact) mass is 394 g/mol. The van der Waals surface area contributed by atoms with Crippen molar-refractivity contribution in [1.29, 1.82) is 0 Å². The third kappa shape index (κ3) is 10.6. The van der Waals surface area contributed by atoms with Crippen molar-refractivity contribution in [3.8, 4) is 0 Å². The Bertz CT molecular complexity index is 551. The lowest BCUT2D eigenvalue weighted by Gasteiger charge is -2.16. The summed E-state index contributed by atoms with van der Waals surface area (Å²) in [5.74, 6) is -0.807. The molecular weight excluding hydrogens is 360 g/mol. The number of hydrogen-bond acceptors (Lipinski definition) is 5. The molecule has 158 valence electrons. The normalized spacial score (nSPS) is 25.5. The largest absolute Gasteiger partial charge is 0.481 e. The number of allylic oxidation sites excluding steroid dienone is 4. The van der Waals surface area contributed by atoms with E-state index in [0.717, 1.165) is 6.42 Å². The van der Waals surface area contributed by atoms with Crippen LogP contribution in [0.15, 0.2) is 48.6 Å². The Balaban J connectivity index is 2.28. The Hall–Kier alpha value is -1.73. The predicted octanol–water partition coefficient (Wildman–Crippen LogP) is 2.90. The molecule has 5 atom stereocenters. The zero-order chi connectivity index (χ0) is 20.8. The van der Waals surface area contributed by atoms with E-state index in [1.165, 1.54) is 12.2 Å². The molecule has 0 bridgehead atoms. The zero-order valence-electron chi connectivity index (χ0n) is 16.6. The maximum absolute atomic E-state index is 10.4. The van der Waals surface area contributed by atoms with Crippen LogP contribution in [0.25, 0.3) is 0 Å². The van der Waals surface area contributed by atoms with Crippen LogP contribution in [0.3, 0.4) is 0 Å². The predicted molar refractivity (Wildman–Crippen MR) is 109 cm³/mol. The Kier molecular flexibility index (Phi) is 12.4. The first-order valence-corrected chi connectivity index (χ1v) is 9.98. The lowest BCUT2D eigenvalue weighted by Crippen LogP contribution is -2.24. The van der Waals surface area contributed by atoms with Gasteiger partial charge in [0.05, 0.1) is 30.5 Å². The standard InChI is InChI=1S/C22H34O6/c1-2-3-8-12-20-19(25)16-21(28-20)18(24)15-14-17(23)11-9-6-4-5-7-10-13-22(26)27/h3,5-9,14-15,17-21,23-25H,2,4,10-13,16H2,1H3,(H,26,27)/b7-5-,8-3-,9-6-,15-14+/t17-,18-,19-,20+,21-/m0/s1. The molecule has 0 radical (unpaired) electrons. The van der Waals surface area contributed by atoms with Gasteiger partial charge < -0.3 is 25.2 Å². The fourth-order valence-corrected chi connectivity index (χ4v) is 2.87. The van der Waals surface area contributed by atoms with Gasteiger partial charge in [-0.1, -0.05) is 55.5 Å². The number of aliphatic hydroxyl groups is 3. The van der Waals surface area contributed by atoms with E-state index in [-0.39, 0.29) is 12.5 Å². The van der Waals surface area contributed by atoms with Crippen molar-refractivity contribution < 1.29 is 30.0 Å². The second kappa shape index (κ2) is 14.3. The number of aliphatic hydroxyl groups excluding tert-OH is 3. The van der Waals surface area contributed by atoms with Gasteiger partial charge in [-0.2, -0.15) is 0 Å². The van der Waals surface area contributed by atoms with Crippen molar-refractivity contribution in [3.63, 3.8) is 0 Å². The van der Waals surface area contributed by atoms with E-state index in [1.54, 1.807) is 0 Å². The molecule has 1 aliphatic rings. The van der Waals surface area contributed by atoms with E-state index >= 15 is 0 Å². The van der Waals surface area contributed by atoms with Crippen molar-refractivity contribution in [2.75, 3.05) is 0 Å². The molecular formula is C22H34O6. The van der Waals surface area contributed by atoms with Gasteiger partial charge in [-0.3, -0.25) is 4.79 Å². The summed E-state index contributed by atoms with van der Waals surface area (Å²) in [5, 5.41) is 38.7. The molecule has 6 nitrogen and oxygen atoms in total. The minimum Gasteiger partial charge on any atom is -0.481 e. The van der Waals surface area contributed by atoms with E-state index in [2.05, 4.69) is 0 Å². The maximum Gasteiger partial charge on any atom is 0.303 e. The summed E-state index contributed by atoms with van der Waals surface area (Å²) in [5.41, 5.74) is 0. The molecule has 0 aromatic heterocycles. The van der Waals surface area contributed by atoms with Gasteiger partial charge >= 0.3 is 5.97 Å². The van der Waals surface area contributed by atoms with Crippen LogP contribution in [0.2, 0.25) is 0 Å². The van der Waals surface area contributed by atoms with Crippen LogP contribution < -0.4 is 0 Å². The van der Waals surface area contributed by atoms with Gasteiger partial charge in [0.2, 0.25) is 0 Å². The molecule has 0 amide bonds. The van der Waals surface area contributed by atoms with Gasteiger partial charge in [0.15, 0.2) is 0 Å². The molecule has 0 aromatic rings. The number of rotatable bonds is 13. The smallest absolute Gasteiger partial charge is 0.303 e. The fourth-order valence-electron chi connectivity index (χ4n) is 2.87. The summed E-state index contributed by atoms with van der Waals surface area (Å²) in [4.78, 5) is 10.4. The lowest BCUT2D eigenvalue weighted by molar-refractivity contribution is -0.136. The number of carbonyl (C=O) groups is 1. The molecule has 0 unspecified atom stereocenters. The number of hydrogen-bond donors (Lipinski definition) is 4. The SMILES string of the molecule is CC/C=C\C[C@H]1O[C@H]([C@@H](O)/C=C/[C@@H](O)C/C=C\C/C=C\CCC(=O)O)C[C@@H]1O. The van der Waals surface area contributed by atoms with Crippen molar-refractivity contribution >= 4 is 5.97 Å². The highest BCUT2D eigenvalue weighted by Gasteiger charge is 2.36. The Labute approximate surface area is 167 Å². The molecule has 1 saturated heterocycles. The fraction of sp³-hybridized carbons (Fsp3) is 0.591. The molecule has 0 saturated carbocycles. The highest BCUT2D eigenvalue weighted by molar-refractivity contribution is 5.66. The Morgan fingerprint density at radius 1 is 1.11 bits per heavy atom. The summed E-state index contributed by atoms with van der Waals surface area (Å²) >= 11 is 0. The third-order valence-corrected chi connectivity index (χ3v) is 4.44. The molecule has 4 N–H and O–H groups in total. The number of aliphatic carboxylic acids is 1. The third-order valence-electron chi connectivity index (χ3n) is 4.44. The Morgan fingerprint density at radius 3 is 2.57 bits per heavy atom. The van der Waals surface area contributed by atoms with Gasteiger partial charge in [0.1, 0.15) is 0 Å². The van der Waals surface area contributed by atoms with Crippen LogP contribution in [0.4, 0.5) is 0 Å². The molecule has 0 aliphatic carbocycles. The van der Waals surface area contributed by atoms with Gasteiger partial charge in [-0.15, -0.1) is 0 Å². The quantitative estimate of drug-likeness (QED) is 0.358. The first kappa shape index (κ1) is 24.3. The van der Waals surface area contributed by atoms with Gasteiger partial charge in [-0.05, 0) is 32.1 Å². The van der Waals surface area contributed by atoms with Crippen molar-refractivity contribution in [2.24, 2.45) is 0 Å². The molecule has 1 rings (SSSR count). The lowest BCUT2D eigenvalue weighted by atomic mass is 10.0. The summed E-state index contributed by atoms with van der Waals surface area (Å²) in [6.07, 6.45) is 15.3. The molecule has 1 aliphatic heterocycles. The molecule has 0 aromatic carbocycles. The molecule has 6 heteroatoms. The summed E-state index contributed by atoms with van der Waals surface area (Å²) < 4.78 is 5.73. The average Bonchev–Trinajstić information content (AvgIpc) is 3.02. The van der Waals surface area contributed by atoms with E-state index in [1.807, 2.05) is 43.4 Å². The highest BCUT2D eigenvalue weighted by atomic mass is 16.5. The van der Waals surface area contributed by atoms with E-state index < -0.39 is 30.4 Å². The zero-order valence-corrected chi connectivity index (χ0v) is 16.6. The van der Waals surface area contributed by atoms with Crippen LogP contribution >= 0.6 is 0 Å². The topological polar surface area (TPSA) is 107 Å². The van der Waals surface area contributed by atoms with Crippen molar-refractivity contribution in [1.82, 2.24) is 0 Å². The van der Waals surface area contributed by atoms with Crippen LogP contribution in [0.1, 0.15) is 51.9 Å².